The predicted octanol–water partition coefficient (Wildman–Crippen LogP) is 5.32. The Balaban J connectivity index is 1.58. The van der Waals surface area contributed by atoms with Crippen LogP contribution in [0.1, 0.15) is 55.8 Å². The molecular formula is C24H31NO2. The van der Waals surface area contributed by atoms with Crippen molar-refractivity contribution in [3.05, 3.63) is 42.0 Å². The van der Waals surface area contributed by atoms with E-state index < -0.39 is 0 Å². The Labute approximate surface area is 162 Å². The average molecular weight is 366 g/mol. The largest absolute Gasteiger partial charge is 0.497 e. The van der Waals surface area contributed by atoms with E-state index in [4.69, 9.17) is 4.74 Å². The normalized spacial score (nSPS) is 23.9. The molecule has 0 unspecified atom stereocenters. The number of Topliss-reactive ketones (excluding diaryl/α,β-unsaturated/α-hetero) is 1. The fourth-order valence-corrected chi connectivity index (χ4v) is 4.84. The maximum atomic E-state index is 13.5. The van der Waals surface area contributed by atoms with Crippen molar-refractivity contribution >= 4 is 16.6 Å². The summed E-state index contributed by atoms with van der Waals surface area (Å²) in [5.41, 5.74) is 0.870. The van der Waals surface area contributed by atoms with Crippen LogP contribution in [0.15, 0.2) is 36.4 Å². The molecule has 0 aromatic heterocycles. The lowest BCUT2D eigenvalue weighted by atomic mass is 9.76. The van der Waals surface area contributed by atoms with Gasteiger partial charge in [-0.1, -0.05) is 38.0 Å². The first-order valence-corrected chi connectivity index (χ1v) is 10.6. The fraction of sp³-hybridized carbons (Fsp3) is 0.542. The molecule has 1 aliphatic heterocycles. The van der Waals surface area contributed by atoms with Gasteiger partial charge in [0, 0.05) is 24.1 Å². The summed E-state index contributed by atoms with van der Waals surface area (Å²) in [5, 5.41) is 2.23. The highest BCUT2D eigenvalue weighted by Crippen LogP contribution is 2.35. The van der Waals surface area contributed by atoms with Gasteiger partial charge in [0.25, 0.3) is 0 Å². The Hall–Kier alpha value is -1.87. The van der Waals surface area contributed by atoms with E-state index >= 15 is 0 Å². The zero-order chi connectivity index (χ0) is 18.8. The Morgan fingerprint density at radius 2 is 1.89 bits per heavy atom. The molecule has 2 aromatic carbocycles. The number of hydrogen-bond acceptors (Lipinski definition) is 3. The number of methoxy groups -OCH3 is 1. The lowest BCUT2D eigenvalue weighted by Crippen LogP contribution is -2.50. The highest BCUT2D eigenvalue weighted by Gasteiger charge is 2.37. The zero-order valence-corrected chi connectivity index (χ0v) is 16.6. The third-order valence-electron chi connectivity index (χ3n) is 6.71. The van der Waals surface area contributed by atoms with Crippen LogP contribution < -0.4 is 4.74 Å². The van der Waals surface area contributed by atoms with E-state index in [0.717, 1.165) is 41.1 Å². The second kappa shape index (κ2) is 8.02. The standard InChI is InChI=1S/C24H31NO2/c1-3-5-17-12-13-25(21-6-4-7-21)16-23(17)24(26)20-9-8-19-15-22(27-2)11-10-18(19)14-20/h8-11,14-15,17,21,23H,3-7,12-13,16H2,1-2H3/t17-,23-/m1/s1. The summed E-state index contributed by atoms with van der Waals surface area (Å²) in [6.45, 7) is 4.37. The van der Waals surface area contributed by atoms with E-state index in [1.54, 1.807) is 7.11 Å². The quantitative estimate of drug-likeness (QED) is 0.649. The third-order valence-corrected chi connectivity index (χ3v) is 6.71. The van der Waals surface area contributed by atoms with E-state index in [-0.39, 0.29) is 5.92 Å². The van der Waals surface area contributed by atoms with Crippen LogP contribution in [-0.4, -0.2) is 36.9 Å². The first-order valence-electron chi connectivity index (χ1n) is 10.6. The van der Waals surface area contributed by atoms with Crippen LogP contribution in [0, 0.1) is 11.8 Å². The SMILES string of the molecule is CCC[C@@H]1CCN(C2CCC2)C[C@H]1C(=O)c1ccc2cc(OC)ccc2c1. The molecule has 1 saturated heterocycles. The van der Waals surface area contributed by atoms with Gasteiger partial charge in [0.05, 0.1) is 7.11 Å². The van der Waals surface area contributed by atoms with E-state index in [0.29, 0.717) is 11.7 Å². The van der Waals surface area contributed by atoms with Gasteiger partial charge in [0.1, 0.15) is 5.75 Å². The van der Waals surface area contributed by atoms with Gasteiger partial charge in [0.2, 0.25) is 0 Å². The molecule has 2 aromatic rings. The van der Waals surface area contributed by atoms with Gasteiger partial charge in [-0.3, -0.25) is 9.69 Å². The van der Waals surface area contributed by atoms with Gasteiger partial charge < -0.3 is 4.74 Å². The molecule has 2 atom stereocenters. The summed E-state index contributed by atoms with van der Waals surface area (Å²) in [5.74, 6) is 1.88. The molecule has 1 heterocycles. The number of likely N-dealkylation sites (tertiary alicyclic amines) is 1. The summed E-state index contributed by atoms with van der Waals surface area (Å²) < 4.78 is 5.31. The fourth-order valence-electron chi connectivity index (χ4n) is 4.84. The van der Waals surface area contributed by atoms with E-state index in [1.165, 1.54) is 38.6 Å². The van der Waals surface area contributed by atoms with Gasteiger partial charge in [0.15, 0.2) is 5.78 Å². The maximum absolute atomic E-state index is 13.5. The molecule has 2 aliphatic rings. The molecule has 27 heavy (non-hydrogen) atoms. The Morgan fingerprint density at radius 3 is 2.59 bits per heavy atom. The van der Waals surface area contributed by atoms with Gasteiger partial charge in [-0.15, -0.1) is 0 Å². The Kier molecular flexibility index (Phi) is 5.49. The van der Waals surface area contributed by atoms with Crippen LogP contribution in [0.25, 0.3) is 10.8 Å². The van der Waals surface area contributed by atoms with Crippen molar-refractivity contribution < 1.29 is 9.53 Å². The molecule has 144 valence electrons. The van der Waals surface area contributed by atoms with Crippen LogP contribution in [0.4, 0.5) is 0 Å². The van der Waals surface area contributed by atoms with Crippen molar-refractivity contribution in [2.24, 2.45) is 11.8 Å². The number of ketones is 1. The van der Waals surface area contributed by atoms with Crippen molar-refractivity contribution in [2.45, 2.75) is 51.5 Å². The van der Waals surface area contributed by atoms with Crippen LogP contribution in [0.3, 0.4) is 0 Å². The number of piperidine rings is 1. The van der Waals surface area contributed by atoms with Gasteiger partial charge >= 0.3 is 0 Å². The lowest BCUT2D eigenvalue weighted by molar-refractivity contribution is 0.0390. The van der Waals surface area contributed by atoms with Crippen molar-refractivity contribution in [3.63, 3.8) is 0 Å². The van der Waals surface area contributed by atoms with Gasteiger partial charge in [-0.25, -0.2) is 0 Å². The number of ether oxygens (including phenoxy) is 1. The summed E-state index contributed by atoms with van der Waals surface area (Å²) in [7, 11) is 1.68. The van der Waals surface area contributed by atoms with E-state index in [2.05, 4.69) is 30.0 Å². The van der Waals surface area contributed by atoms with E-state index in [1.807, 2.05) is 18.2 Å². The minimum atomic E-state index is 0.148. The minimum absolute atomic E-state index is 0.148. The second-order valence-electron chi connectivity index (χ2n) is 8.32. The molecule has 1 aliphatic carbocycles. The predicted molar refractivity (Wildman–Crippen MR) is 111 cm³/mol. The zero-order valence-electron chi connectivity index (χ0n) is 16.6. The number of nitrogens with zero attached hydrogens (tertiary/aromatic N) is 1. The summed E-state index contributed by atoms with van der Waals surface area (Å²) in [6, 6.07) is 12.9. The molecule has 0 spiro atoms. The second-order valence-corrected chi connectivity index (χ2v) is 8.32. The molecular weight excluding hydrogens is 334 g/mol. The molecule has 0 N–H and O–H groups in total. The topological polar surface area (TPSA) is 29.5 Å². The Bertz CT molecular complexity index is 811. The molecule has 4 rings (SSSR count). The third kappa shape index (κ3) is 3.75. The number of fused-ring (bicyclic) bond motifs is 1. The lowest BCUT2D eigenvalue weighted by Gasteiger charge is -2.45. The first-order chi connectivity index (χ1) is 13.2. The summed E-state index contributed by atoms with van der Waals surface area (Å²) in [4.78, 5) is 16.1. The monoisotopic (exact) mass is 365 g/mol. The van der Waals surface area contributed by atoms with Gasteiger partial charge in [-0.2, -0.15) is 0 Å². The minimum Gasteiger partial charge on any atom is -0.497 e. The molecule has 3 nitrogen and oxygen atoms in total. The molecule has 2 fully saturated rings. The highest BCUT2D eigenvalue weighted by molar-refractivity contribution is 6.01. The maximum Gasteiger partial charge on any atom is 0.167 e. The van der Waals surface area contributed by atoms with Crippen LogP contribution in [-0.2, 0) is 0 Å². The molecule has 0 amide bonds. The smallest absolute Gasteiger partial charge is 0.167 e. The average Bonchev–Trinajstić information content (AvgIpc) is 2.66. The molecule has 1 saturated carbocycles. The number of rotatable bonds is 6. The summed E-state index contributed by atoms with van der Waals surface area (Å²) >= 11 is 0. The van der Waals surface area contributed by atoms with Crippen LogP contribution in [0.2, 0.25) is 0 Å². The Morgan fingerprint density at radius 1 is 1.11 bits per heavy atom. The first kappa shape index (κ1) is 18.5. The highest BCUT2D eigenvalue weighted by atomic mass is 16.5. The number of benzene rings is 2. The van der Waals surface area contributed by atoms with Crippen LogP contribution >= 0.6 is 0 Å². The number of carbonyl (C=O) groups is 1. The van der Waals surface area contributed by atoms with Gasteiger partial charge in [-0.05, 0) is 67.1 Å². The van der Waals surface area contributed by atoms with Crippen molar-refractivity contribution in [1.29, 1.82) is 0 Å². The van der Waals surface area contributed by atoms with E-state index in [9.17, 15) is 4.79 Å². The summed E-state index contributed by atoms with van der Waals surface area (Å²) in [6.07, 6.45) is 7.49. The number of hydrogen-bond donors (Lipinski definition) is 0. The molecule has 3 heteroatoms. The molecule has 0 bridgehead atoms. The van der Waals surface area contributed by atoms with Crippen molar-refractivity contribution in [2.75, 3.05) is 20.2 Å². The van der Waals surface area contributed by atoms with Crippen molar-refractivity contribution in [3.8, 4) is 5.75 Å². The number of carbonyl (C=O) groups excluding carboxylic acids is 1. The van der Waals surface area contributed by atoms with Crippen molar-refractivity contribution in [1.82, 2.24) is 4.90 Å². The molecule has 0 radical (unpaired) electrons. The van der Waals surface area contributed by atoms with Crippen LogP contribution in [0.5, 0.6) is 5.75 Å².